The molecule has 0 saturated heterocycles. The van der Waals surface area contributed by atoms with Crippen molar-refractivity contribution >= 4 is 22.4 Å². The molecular formula is C13H12N2OS. The molecule has 0 saturated carbocycles. The molecule has 1 aromatic carbocycles. The van der Waals surface area contributed by atoms with Gasteiger partial charge in [0.05, 0.1) is 23.0 Å². The summed E-state index contributed by atoms with van der Waals surface area (Å²) in [6.45, 7) is 2.07. The van der Waals surface area contributed by atoms with E-state index in [2.05, 4.69) is 23.0 Å². The predicted molar refractivity (Wildman–Crippen MR) is 70.7 cm³/mol. The van der Waals surface area contributed by atoms with Crippen LogP contribution in [0.15, 0.2) is 29.6 Å². The zero-order chi connectivity index (χ0) is 11.8. The summed E-state index contributed by atoms with van der Waals surface area (Å²) in [5, 5.41) is 1.98. The minimum Gasteiger partial charge on any atom is -0.496 e. The molecule has 0 aliphatic heterocycles. The maximum atomic E-state index is 5.18. The highest BCUT2D eigenvalue weighted by Gasteiger charge is 2.09. The molecule has 3 aromatic rings. The van der Waals surface area contributed by atoms with Crippen LogP contribution in [0.5, 0.6) is 5.75 Å². The lowest BCUT2D eigenvalue weighted by molar-refractivity contribution is 0.417. The highest BCUT2D eigenvalue weighted by molar-refractivity contribution is 7.13. The topological polar surface area (TPSA) is 37.9 Å². The molecule has 2 heterocycles. The van der Waals surface area contributed by atoms with Crippen LogP contribution < -0.4 is 4.74 Å². The SMILES string of the molecule is COc1csc(-c2nc3c(C)cccc3[nH]2)c1. The summed E-state index contributed by atoms with van der Waals surface area (Å²) in [4.78, 5) is 9.06. The fourth-order valence-electron chi connectivity index (χ4n) is 1.84. The second kappa shape index (κ2) is 3.89. The fourth-order valence-corrected chi connectivity index (χ4v) is 2.64. The third-order valence-electron chi connectivity index (χ3n) is 2.76. The average molecular weight is 244 g/mol. The standard InChI is InChI=1S/C13H12N2OS/c1-8-4-3-5-10-12(8)15-13(14-10)11-6-9(16-2)7-17-11/h3-7H,1-2H3,(H,14,15). The number of aryl methyl sites for hydroxylation is 1. The van der Waals surface area contributed by atoms with Crippen molar-refractivity contribution in [2.45, 2.75) is 6.92 Å². The quantitative estimate of drug-likeness (QED) is 0.747. The van der Waals surface area contributed by atoms with E-state index in [0.717, 1.165) is 27.5 Å². The Morgan fingerprint density at radius 1 is 1.35 bits per heavy atom. The van der Waals surface area contributed by atoms with Crippen LogP contribution in [0.1, 0.15) is 5.56 Å². The lowest BCUT2D eigenvalue weighted by Gasteiger charge is -1.90. The average Bonchev–Trinajstić information content (AvgIpc) is 2.95. The van der Waals surface area contributed by atoms with Crippen molar-refractivity contribution in [1.29, 1.82) is 0 Å². The molecule has 86 valence electrons. The first kappa shape index (κ1) is 10.4. The van der Waals surface area contributed by atoms with Gasteiger partial charge in [-0.3, -0.25) is 0 Å². The van der Waals surface area contributed by atoms with E-state index >= 15 is 0 Å². The molecule has 17 heavy (non-hydrogen) atoms. The summed E-state index contributed by atoms with van der Waals surface area (Å²) in [6, 6.07) is 8.15. The third-order valence-corrected chi connectivity index (χ3v) is 3.67. The van der Waals surface area contributed by atoms with Gasteiger partial charge in [0.25, 0.3) is 0 Å². The minimum atomic E-state index is 0.877. The molecule has 0 bridgehead atoms. The molecule has 0 radical (unpaired) electrons. The summed E-state index contributed by atoms with van der Waals surface area (Å²) < 4.78 is 5.18. The molecule has 0 spiro atoms. The molecule has 1 N–H and O–H groups in total. The Hall–Kier alpha value is -1.81. The van der Waals surface area contributed by atoms with Crippen LogP contribution in [0.25, 0.3) is 21.7 Å². The van der Waals surface area contributed by atoms with E-state index in [1.54, 1.807) is 18.4 Å². The van der Waals surface area contributed by atoms with Crippen molar-refractivity contribution in [1.82, 2.24) is 9.97 Å². The Balaban J connectivity index is 2.14. The van der Waals surface area contributed by atoms with Crippen LogP contribution in [-0.4, -0.2) is 17.1 Å². The molecule has 0 atom stereocenters. The number of ether oxygens (including phenoxy) is 1. The summed E-state index contributed by atoms with van der Waals surface area (Å²) >= 11 is 1.63. The molecular weight excluding hydrogens is 232 g/mol. The molecule has 0 aliphatic carbocycles. The van der Waals surface area contributed by atoms with Gasteiger partial charge in [-0.2, -0.15) is 0 Å². The van der Waals surface area contributed by atoms with Gasteiger partial charge in [0.15, 0.2) is 0 Å². The van der Waals surface area contributed by atoms with Gasteiger partial charge in [-0.1, -0.05) is 12.1 Å². The minimum absolute atomic E-state index is 0.877. The Labute approximate surface area is 103 Å². The number of benzene rings is 1. The van der Waals surface area contributed by atoms with Crippen LogP contribution in [-0.2, 0) is 0 Å². The lowest BCUT2D eigenvalue weighted by atomic mass is 10.2. The number of para-hydroxylation sites is 1. The number of thiophene rings is 1. The molecule has 0 fully saturated rings. The Morgan fingerprint density at radius 2 is 2.24 bits per heavy atom. The third kappa shape index (κ3) is 1.70. The number of imidazole rings is 1. The maximum absolute atomic E-state index is 5.18. The van der Waals surface area contributed by atoms with Gasteiger partial charge >= 0.3 is 0 Å². The number of aromatic amines is 1. The zero-order valence-corrected chi connectivity index (χ0v) is 10.5. The largest absolute Gasteiger partial charge is 0.496 e. The van der Waals surface area contributed by atoms with Crippen molar-refractivity contribution in [2.75, 3.05) is 7.11 Å². The van der Waals surface area contributed by atoms with Gasteiger partial charge in [-0.15, -0.1) is 11.3 Å². The molecule has 0 amide bonds. The van der Waals surface area contributed by atoms with E-state index in [9.17, 15) is 0 Å². The Bertz CT molecular complexity index is 669. The van der Waals surface area contributed by atoms with Gasteiger partial charge in [0.2, 0.25) is 0 Å². The molecule has 3 nitrogen and oxygen atoms in total. The van der Waals surface area contributed by atoms with Crippen LogP contribution in [0.3, 0.4) is 0 Å². The van der Waals surface area contributed by atoms with Crippen LogP contribution in [0.2, 0.25) is 0 Å². The van der Waals surface area contributed by atoms with Gasteiger partial charge in [-0.25, -0.2) is 4.98 Å². The van der Waals surface area contributed by atoms with Crippen LogP contribution in [0, 0.1) is 6.92 Å². The van der Waals surface area contributed by atoms with E-state index in [0.29, 0.717) is 0 Å². The molecule has 2 aromatic heterocycles. The van der Waals surface area contributed by atoms with Crippen molar-refractivity contribution in [2.24, 2.45) is 0 Å². The molecule has 0 unspecified atom stereocenters. The van der Waals surface area contributed by atoms with Crippen molar-refractivity contribution in [3.05, 3.63) is 35.2 Å². The lowest BCUT2D eigenvalue weighted by Crippen LogP contribution is -1.77. The van der Waals surface area contributed by atoms with E-state index in [4.69, 9.17) is 4.74 Å². The highest BCUT2D eigenvalue weighted by atomic mass is 32.1. The van der Waals surface area contributed by atoms with Gasteiger partial charge in [0.1, 0.15) is 11.6 Å². The van der Waals surface area contributed by atoms with E-state index in [1.165, 1.54) is 5.56 Å². The Kier molecular flexibility index (Phi) is 2.37. The van der Waals surface area contributed by atoms with E-state index < -0.39 is 0 Å². The summed E-state index contributed by atoms with van der Waals surface area (Å²) in [7, 11) is 1.68. The predicted octanol–water partition coefficient (Wildman–Crippen LogP) is 3.61. The number of hydrogen-bond acceptors (Lipinski definition) is 3. The molecule has 4 heteroatoms. The number of H-pyrrole nitrogens is 1. The first-order valence-corrected chi connectivity index (χ1v) is 6.24. The monoisotopic (exact) mass is 244 g/mol. The van der Waals surface area contributed by atoms with Gasteiger partial charge in [-0.05, 0) is 18.6 Å². The van der Waals surface area contributed by atoms with E-state index in [1.807, 2.05) is 23.6 Å². The number of fused-ring (bicyclic) bond motifs is 1. The number of nitrogens with one attached hydrogen (secondary N) is 1. The summed E-state index contributed by atoms with van der Waals surface area (Å²) in [5.41, 5.74) is 3.30. The number of nitrogens with zero attached hydrogens (tertiary/aromatic N) is 1. The van der Waals surface area contributed by atoms with Crippen molar-refractivity contribution in [3.8, 4) is 16.5 Å². The number of methoxy groups -OCH3 is 1. The molecule has 3 rings (SSSR count). The molecule has 0 aliphatic rings. The smallest absolute Gasteiger partial charge is 0.148 e. The summed E-state index contributed by atoms with van der Waals surface area (Å²) in [6.07, 6.45) is 0. The number of rotatable bonds is 2. The normalized spacial score (nSPS) is 10.9. The first-order valence-electron chi connectivity index (χ1n) is 5.36. The van der Waals surface area contributed by atoms with Gasteiger partial charge in [0, 0.05) is 11.4 Å². The number of hydrogen-bond donors (Lipinski definition) is 1. The Morgan fingerprint density at radius 3 is 2.94 bits per heavy atom. The van der Waals surface area contributed by atoms with Crippen LogP contribution >= 0.6 is 11.3 Å². The van der Waals surface area contributed by atoms with Crippen molar-refractivity contribution in [3.63, 3.8) is 0 Å². The first-order chi connectivity index (χ1) is 8.28. The van der Waals surface area contributed by atoms with E-state index in [-0.39, 0.29) is 0 Å². The highest BCUT2D eigenvalue weighted by Crippen LogP contribution is 2.30. The maximum Gasteiger partial charge on any atom is 0.148 e. The zero-order valence-electron chi connectivity index (χ0n) is 9.65. The second-order valence-electron chi connectivity index (χ2n) is 3.91. The summed E-state index contributed by atoms with van der Waals surface area (Å²) in [5.74, 6) is 1.78. The second-order valence-corrected chi connectivity index (χ2v) is 4.82. The van der Waals surface area contributed by atoms with Crippen LogP contribution in [0.4, 0.5) is 0 Å². The fraction of sp³-hybridized carbons (Fsp3) is 0.154. The van der Waals surface area contributed by atoms with Gasteiger partial charge < -0.3 is 9.72 Å². The number of aromatic nitrogens is 2. The van der Waals surface area contributed by atoms with Crippen molar-refractivity contribution < 1.29 is 4.74 Å².